The van der Waals surface area contributed by atoms with Gasteiger partial charge in [-0.3, -0.25) is 4.57 Å². The van der Waals surface area contributed by atoms with Crippen molar-refractivity contribution in [1.29, 1.82) is 0 Å². The first-order chi connectivity index (χ1) is 7.61. The first-order valence-corrected chi connectivity index (χ1v) is 7.28. The molecule has 0 heterocycles. The van der Waals surface area contributed by atoms with Crippen LogP contribution in [-0.4, -0.2) is 39.9 Å². The Morgan fingerprint density at radius 3 is 1.94 bits per heavy atom. The van der Waals surface area contributed by atoms with Gasteiger partial charge >= 0.3 is 7.60 Å². The summed E-state index contributed by atoms with van der Waals surface area (Å²) in [5, 5.41) is 0. The van der Waals surface area contributed by atoms with Crippen LogP contribution in [0.1, 0.15) is 26.7 Å². The maximum absolute atomic E-state index is 12.0. The van der Waals surface area contributed by atoms with Gasteiger partial charge in [0.1, 0.15) is 0 Å². The van der Waals surface area contributed by atoms with E-state index in [4.69, 9.17) is 18.5 Å². The molecule has 5 nitrogen and oxygen atoms in total. The van der Waals surface area contributed by atoms with E-state index < -0.39 is 7.60 Å². The third-order valence-corrected chi connectivity index (χ3v) is 4.22. The monoisotopic (exact) mass is 254 g/mol. The lowest BCUT2D eigenvalue weighted by Crippen LogP contribution is -2.13. The van der Waals surface area contributed by atoms with Gasteiger partial charge in [0.05, 0.1) is 19.4 Å². The van der Waals surface area contributed by atoms with Crippen molar-refractivity contribution in [3.8, 4) is 0 Å². The smallest absolute Gasteiger partial charge is 0.330 e. The van der Waals surface area contributed by atoms with E-state index in [1.165, 1.54) is 0 Å². The lowest BCUT2D eigenvalue weighted by atomic mass is 10.3. The summed E-state index contributed by atoms with van der Waals surface area (Å²) >= 11 is 0. The fourth-order valence-corrected chi connectivity index (χ4v) is 3.03. The molecular formula is C10H23O5P. The molecule has 0 saturated heterocycles. The van der Waals surface area contributed by atoms with Gasteiger partial charge < -0.3 is 18.5 Å². The van der Waals surface area contributed by atoms with Gasteiger partial charge in [-0.2, -0.15) is 0 Å². The van der Waals surface area contributed by atoms with Crippen molar-refractivity contribution in [2.45, 2.75) is 33.0 Å². The molecule has 0 fully saturated rings. The van der Waals surface area contributed by atoms with Crippen molar-refractivity contribution >= 4 is 7.60 Å². The van der Waals surface area contributed by atoms with Gasteiger partial charge in [0.25, 0.3) is 0 Å². The average Bonchev–Trinajstić information content (AvgIpc) is 2.25. The molecule has 0 radical (unpaired) electrons. The third-order valence-electron chi connectivity index (χ3n) is 2.05. The van der Waals surface area contributed by atoms with Crippen LogP contribution in [0.2, 0.25) is 0 Å². The minimum atomic E-state index is -2.91. The summed E-state index contributed by atoms with van der Waals surface area (Å²) in [6.07, 6.45) is 1.51. The predicted octanol–water partition coefficient (Wildman–Crippen LogP) is 2.65. The molecule has 6 heteroatoms. The summed E-state index contributed by atoms with van der Waals surface area (Å²) in [7, 11) is 0.257. The Hall–Kier alpha value is 0.0700. The molecule has 0 aromatic carbocycles. The number of hydrogen-bond donors (Lipinski definition) is 0. The summed E-state index contributed by atoms with van der Waals surface area (Å²) in [6.45, 7) is 4.40. The van der Waals surface area contributed by atoms with Gasteiger partial charge in [0, 0.05) is 14.2 Å². The Bertz CT molecular complexity index is 195. The van der Waals surface area contributed by atoms with E-state index in [0.29, 0.717) is 32.2 Å². The largest absolute Gasteiger partial charge is 0.356 e. The third kappa shape index (κ3) is 6.61. The topological polar surface area (TPSA) is 54.0 Å². The maximum atomic E-state index is 12.0. The van der Waals surface area contributed by atoms with Gasteiger partial charge in [-0.1, -0.05) is 0 Å². The molecule has 0 aliphatic rings. The van der Waals surface area contributed by atoms with Gasteiger partial charge in [-0.05, 0) is 26.7 Å². The summed E-state index contributed by atoms with van der Waals surface area (Å²) < 4.78 is 32.5. The van der Waals surface area contributed by atoms with Crippen LogP contribution in [0, 0.1) is 0 Å². The Labute approximate surface area is 97.9 Å². The van der Waals surface area contributed by atoms with E-state index >= 15 is 0 Å². The van der Waals surface area contributed by atoms with Crippen molar-refractivity contribution in [3.63, 3.8) is 0 Å². The van der Waals surface area contributed by atoms with E-state index in [1.54, 1.807) is 28.1 Å². The predicted molar refractivity (Wildman–Crippen MR) is 62.8 cm³/mol. The SMILES string of the molecule is CCOP(=O)(CCCC(OC)OC)OCC. The minimum absolute atomic E-state index is 0.253. The van der Waals surface area contributed by atoms with E-state index in [9.17, 15) is 4.57 Å². The molecule has 0 atom stereocenters. The van der Waals surface area contributed by atoms with Crippen molar-refractivity contribution in [2.24, 2.45) is 0 Å². The average molecular weight is 254 g/mol. The highest BCUT2D eigenvalue weighted by molar-refractivity contribution is 7.53. The highest BCUT2D eigenvalue weighted by Crippen LogP contribution is 2.48. The Morgan fingerprint density at radius 2 is 1.56 bits per heavy atom. The fraction of sp³-hybridized carbons (Fsp3) is 1.00. The zero-order valence-electron chi connectivity index (χ0n) is 10.6. The summed E-state index contributed by atoms with van der Waals surface area (Å²) in [5.41, 5.74) is 0. The van der Waals surface area contributed by atoms with Crippen LogP contribution in [0.4, 0.5) is 0 Å². The first-order valence-electron chi connectivity index (χ1n) is 5.55. The molecular weight excluding hydrogens is 231 g/mol. The molecule has 0 amide bonds. The Morgan fingerprint density at radius 1 is 1.06 bits per heavy atom. The van der Waals surface area contributed by atoms with Crippen LogP contribution in [-0.2, 0) is 23.1 Å². The second kappa shape index (κ2) is 9.14. The fourth-order valence-electron chi connectivity index (χ4n) is 1.34. The van der Waals surface area contributed by atoms with Gasteiger partial charge in [-0.15, -0.1) is 0 Å². The highest BCUT2D eigenvalue weighted by atomic mass is 31.2. The molecule has 98 valence electrons. The second-order valence-corrected chi connectivity index (χ2v) is 5.40. The standard InChI is InChI=1S/C10H23O5P/c1-5-14-16(11,15-6-2)9-7-8-10(12-3)13-4/h10H,5-9H2,1-4H3. The van der Waals surface area contributed by atoms with Crippen LogP contribution in [0.15, 0.2) is 0 Å². The first kappa shape index (κ1) is 16.1. The van der Waals surface area contributed by atoms with E-state index in [0.717, 1.165) is 0 Å². The van der Waals surface area contributed by atoms with Crippen LogP contribution in [0.5, 0.6) is 0 Å². The number of methoxy groups -OCH3 is 2. The van der Waals surface area contributed by atoms with Gasteiger partial charge in [-0.25, -0.2) is 0 Å². The van der Waals surface area contributed by atoms with Crippen molar-refractivity contribution in [3.05, 3.63) is 0 Å². The summed E-state index contributed by atoms with van der Waals surface area (Å²) in [4.78, 5) is 0. The lowest BCUT2D eigenvalue weighted by molar-refractivity contribution is -0.106. The highest BCUT2D eigenvalue weighted by Gasteiger charge is 2.23. The van der Waals surface area contributed by atoms with E-state index in [2.05, 4.69) is 0 Å². The molecule has 0 unspecified atom stereocenters. The van der Waals surface area contributed by atoms with Crippen molar-refractivity contribution < 1.29 is 23.1 Å². The van der Waals surface area contributed by atoms with Crippen LogP contribution >= 0.6 is 7.60 Å². The number of ether oxygens (including phenoxy) is 2. The molecule has 0 aliphatic carbocycles. The lowest BCUT2D eigenvalue weighted by Gasteiger charge is -2.18. The molecule has 0 aromatic heterocycles. The molecule has 0 rings (SSSR count). The van der Waals surface area contributed by atoms with E-state index in [-0.39, 0.29) is 6.29 Å². The van der Waals surface area contributed by atoms with Crippen molar-refractivity contribution in [2.75, 3.05) is 33.6 Å². The quantitative estimate of drug-likeness (QED) is 0.443. The molecule has 0 aliphatic heterocycles. The second-order valence-electron chi connectivity index (χ2n) is 3.21. The van der Waals surface area contributed by atoms with Gasteiger partial charge in [0.2, 0.25) is 0 Å². The van der Waals surface area contributed by atoms with Crippen molar-refractivity contribution in [1.82, 2.24) is 0 Å². The Balaban J connectivity index is 3.97. The number of rotatable bonds is 10. The zero-order chi connectivity index (χ0) is 12.4. The molecule has 0 bridgehead atoms. The van der Waals surface area contributed by atoms with Gasteiger partial charge in [0.15, 0.2) is 6.29 Å². The zero-order valence-corrected chi connectivity index (χ0v) is 11.5. The summed E-state index contributed by atoms with van der Waals surface area (Å²) in [6, 6.07) is 0. The normalized spacial score (nSPS) is 12.3. The van der Waals surface area contributed by atoms with E-state index in [1.807, 2.05) is 0 Å². The molecule has 0 spiro atoms. The molecule has 0 aromatic rings. The minimum Gasteiger partial charge on any atom is -0.356 e. The van der Waals surface area contributed by atoms with Crippen LogP contribution in [0.25, 0.3) is 0 Å². The molecule has 0 saturated carbocycles. The molecule has 16 heavy (non-hydrogen) atoms. The maximum Gasteiger partial charge on any atom is 0.330 e. The number of hydrogen-bond acceptors (Lipinski definition) is 5. The molecule has 0 N–H and O–H groups in total. The van der Waals surface area contributed by atoms with Crippen LogP contribution in [0.3, 0.4) is 0 Å². The summed E-state index contributed by atoms with van der Waals surface area (Å²) in [5.74, 6) is 0. The van der Waals surface area contributed by atoms with Crippen LogP contribution < -0.4 is 0 Å². The Kier molecular flexibility index (Phi) is 9.18.